The third-order valence-corrected chi connectivity index (χ3v) is 5.61. The zero-order valence-corrected chi connectivity index (χ0v) is 18.3. The maximum atomic E-state index is 12.4. The van der Waals surface area contributed by atoms with Crippen molar-refractivity contribution in [1.29, 1.82) is 0 Å². The number of piperidine rings is 1. The van der Waals surface area contributed by atoms with Gasteiger partial charge < -0.3 is 25.5 Å². The van der Waals surface area contributed by atoms with E-state index in [1.165, 1.54) is 0 Å². The van der Waals surface area contributed by atoms with Gasteiger partial charge in [0.1, 0.15) is 0 Å². The summed E-state index contributed by atoms with van der Waals surface area (Å²) in [5.74, 6) is -0.168. The highest BCUT2D eigenvalue weighted by Crippen LogP contribution is 2.28. The molecule has 0 spiro atoms. The molecule has 1 aliphatic rings. The molecule has 1 saturated heterocycles. The van der Waals surface area contributed by atoms with Gasteiger partial charge in [0.2, 0.25) is 5.91 Å². The van der Waals surface area contributed by atoms with Gasteiger partial charge in [-0.25, -0.2) is 0 Å². The van der Waals surface area contributed by atoms with E-state index in [9.17, 15) is 14.7 Å². The molecule has 1 aliphatic heterocycles. The number of carbonyl (C=O) groups excluding carboxylic acids is 2. The second-order valence-corrected chi connectivity index (χ2v) is 7.69. The minimum atomic E-state index is -0.226. The van der Waals surface area contributed by atoms with Crippen LogP contribution in [-0.4, -0.2) is 60.6 Å². The van der Waals surface area contributed by atoms with Crippen molar-refractivity contribution in [3.63, 3.8) is 0 Å². The fourth-order valence-corrected chi connectivity index (χ4v) is 3.78. The molecule has 7 heteroatoms. The van der Waals surface area contributed by atoms with E-state index >= 15 is 0 Å². The molecule has 2 amide bonds. The third-order valence-electron chi connectivity index (χ3n) is 5.61. The lowest BCUT2D eigenvalue weighted by atomic mass is 10.1. The molecule has 0 atom stereocenters. The molecule has 166 valence electrons. The topological polar surface area (TPSA) is 84.9 Å². The van der Waals surface area contributed by atoms with E-state index in [4.69, 9.17) is 0 Å². The summed E-state index contributed by atoms with van der Waals surface area (Å²) < 4.78 is 0. The van der Waals surface area contributed by atoms with E-state index in [1.54, 1.807) is 29.2 Å². The number of anilines is 3. The Morgan fingerprint density at radius 2 is 1.68 bits per heavy atom. The van der Waals surface area contributed by atoms with Gasteiger partial charge in [0, 0.05) is 37.4 Å². The van der Waals surface area contributed by atoms with Crippen LogP contribution in [0.1, 0.15) is 37.0 Å². The van der Waals surface area contributed by atoms with Crippen molar-refractivity contribution in [3.8, 4) is 0 Å². The molecular formula is C24H32N4O3. The van der Waals surface area contributed by atoms with Crippen molar-refractivity contribution >= 4 is 28.9 Å². The zero-order valence-electron chi connectivity index (χ0n) is 18.3. The van der Waals surface area contributed by atoms with Crippen LogP contribution >= 0.6 is 0 Å². The Balaban J connectivity index is 1.56. The first-order valence-corrected chi connectivity index (χ1v) is 11.0. The Morgan fingerprint density at radius 1 is 1.03 bits per heavy atom. The molecule has 0 aromatic heterocycles. The highest BCUT2D eigenvalue weighted by molar-refractivity contribution is 5.97. The van der Waals surface area contributed by atoms with Crippen LogP contribution in [0.25, 0.3) is 0 Å². The van der Waals surface area contributed by atoms with Crippen molar-refractivity contribution < 1.29 is 14.7 Å². The van der Waals surface area contributed by atoms with Gasteiger partial charge in [-0.2, -0.15) is 0 Å². The number of aliphatic hydroxyl groups excluding tert-OH is 1. The van der Waals surface area contributed by atoms with Crippen molar-refractivity contribution in [2.24, 2.45) is 0 Å². The molecule has 3 N–H and O–H groups in total. The van der Waals surface area contributed by atoms with Gasteiger partial charge in [0.05, 0.1) is 24.0 Å². The molecule has 0 aliphatic carbocycles. The van der Waals surface area contributed by atoms with E-state index in [2.05, 4.69) is 15.5 Å². The van der Waals surface area contributed by atoms with Crippen LogP contribution in [0.3, 0.4) is 0 Å². The van der Waals surface area contributed by atoms with Gasteiger partial charge in [0.15, 0.2) is 0 Å². The van der Waals surface area contributed by atoms with Crippen LogP contribution in [-0.2, 0) is 4.79 Å². The summed E-state index contributed by atoms with van der Waals surface area (Å²) in [4.78, 5) is 28.8. The molecule has 7 nitrogen and oxygen atoms in total. The standard InChI is InChI=1S/C24H32N4O3/c1-3-27(4-2)24(31)18-9-11-19(12-10-18)26-23(30)17-25-21-7-5-6-8-22(21)28-15-13-20(29)14-16-28/h5-12,20,25,29H,3-4,13-17H2,1-2H3,(H,26,30). The number of aliphatic hydroxyl groups is 1. The Kier molecular flexibility index (Phi) is 7.89. The molecule has 0 unspecified atom stereocenters. The maximum Gasteiger partial charge on any atom is 0.253 e. The number of hydrogen-bond donors (Lipinski definition) is 3. The summed E-state index contributed by atoms with van der Waals surface area (Å²) >= 11 is 0. The van der Waals surface area contributed by atoms with Crippen LogP contribution in [0.5, 0.6) is 0 Å². The summed E-state index contributed by atoms with van der Waals surface area (Å²) in [7, 11) is 0. The fourth-order valence-electron chi connectivity index (χ4n) is 3.78. The lowest BCUT2D eigenvalue weighted by molar-refractivity contribution is -0.114. The average molecular weight is 425 g/mol. The van der Waals surface area contributed by atoms with E-state index in [0.29, 0.717) is 24.3 Å². The maximum absolute atomic E-state index is 12.4. The molecule has 0 saturated carbocycles. The molecule has 1 fully saturated rings. The van der Waals surface area contributed by atoms with Crippen LogP contribution in [0.2, 0.25) is 0 Å². The van der Waals surface area contributed by atoms with Crippen molar-refractivity contribution in [2.75, 3.05) is 48.3 Å². The van der Waals surface area contributed by atoms with E-state index in [1.807, 2.05) is 38.1 Å². The van der Waals surface area contributed by atoms with Crippen molar-refractivity contribution in [1.82, 2.24) is 4.90 Å². The molecular weight excluding hydrogens is 392 g/mol. The van der Waals surface area contributed by atoms with Crippen LogP contribution in [0.15, 0.2) is 48.5 Å². The lowest BCUT2D eigenvalue weighted by Crippen LogP contribution is -2.36. The van der Waals surface area contributed by atoms with Gasteiger partial charge in [-0.1, -0.05) is 12.1 Å². The SMILES string of the molecule is CCN(CC)C(=O)c1ccc(NC(=O)CNc2ccccc2N2CCC(O)CC2)cc1. The first-order valence-electron chi connectivity index (χ1n) is 11.0. The molecule has 2 aromatic rings. The summed E-state index contributed by atoms with van der Waals surface area (Å²) in [6.07, 6.45) is 1.28. The van der Waals surface area contributed by atoms with Crippen molar-refractivity contribution in [2.45, 2.75) is 32.8 Å². The van der Waals surface area contributed by atoms with Crippen LogP contribution in [0, 0.1) is 0 Å². The summed E-state index contributed by atoms with van der Waals surface area (Å²) in [6.45, 7) is 6.96. The normalized spacial score (nSPS) is 14.2. The Bertz CT molecular complexity index is 873. The number of para-hydroxylation sites is 2. The molecule has 3 rings (SSSR count). The van der Waals surface area contributed by atoms with Crippen LogP contribution in [0.4, 0.5) is 17.1 Å². The fraction of sp³-hybridized carbons (Fsp3) is 0.417. The van der Waals surface area contributed by atoms with Crippen LogP contribution < -0.4 is 15.5 Å². The molecule has 0 radical (unpaired) electrons. The van der Waals surface area contributed by atoms with Gasteiger partial charge in [-0.05, 0) is 63.1 Å². The predicted molar refractivity (Wildman–Crippen MR) is 125 cm³/mol. The quantitative estimate of drug-likeness (QED) is 0.606. The Labute approximate surface area is 184 Å². The molecule has 1 heterocycles. The first-order chi connectivity index (χ1) is 15.0. The summed E-state index contributed by atoms with van der Waals surface area (Å²) in [5, 5.41) is 15.8. The number of nitrogens with zero attached hydrogens (tertiary/aromatic N) is 2. The second kappa shape index (κ2) is 10.8. The minimum absolute atomic E-state index is 0.00798. The second-order valence-electron chi connectivity index (χ2n) is 7.69. The number of benzene rings is 2. The lowest BCUT2D eigenvalue weighted by Gasteiger charge is -2.32. The predicted octanol–water partition coefficient (Wildman–Crippen LogP) is 3.18. The number of carbonyl (C=O) groups is 2. The number of amides is 2. The Morgan fingerprint density at radius 3 is 2.32 bits per heavy atom. The highest BCUT2D eigenvalue weighted by atomic mass is 16.3. The van der Waals surface area contributed by atoms with Gasteiger partial charge >= 0.3 is 0 Å². The molecule has 31 heavy (non-hydrogen) atoms. The minimum Gasteiger partial charge on any atom is -0.393 e. The number of nitrogens with one attached hydrogen (secondary N) is 2. The van der Waals surface area contributed by atoms with Gasteiger partial charge in [-0.15, -0.1) is 0 Å². The highest BCUT2D eigenvalue weighted by Gasteiger charge is 2.19. The van der Waals surface area contributed by atoms with E-state index in [-0.39, 0.29) is 24.5 Å². The average Bonchev–Trinajstić information content (AvgIpc) is 2.80. The summed E-state index contributed by atoms with van der Waals surface area (Å²) in [5.41, 5.74) is 3.21. The number of hydrogen-bond acceptors (Lipinski definition) is 5. The Hall–Kier alpha value is -3.06. The van der Waals surface area contributed by atoms with Gasteiger partial charge in [-0.3, -0.25) is 9.59 Å². The molecule has 0 bridgehead atoms. The smallest absolute Gasteiger partial charge is 0.253 e. The first kappa shape index (κ1) is 22.6. The van der Waals surface area contributed by atoms with Crippen molar-refractivity contribution in [3.05, 3.63) is 54.1 Å². The zero-order chi connectivity index (χ0) is 22.2. The van der Waals surface area contributed by atoms with E-state index < -0.39 is 0 Å². The third kappa shape index (κ3) is 5.98. The van der Waals surface area contributed by atoms with Gasteiger partial charge in [0.25, 0.3) is 5.91 Å². The summed E-state index contributed by atoms with van der Waals surface area (Å²) in [6, 6.07) is 14.9. The van der Waals surface area contributed by atoms with E-state index in [0.717, 1.165) is 37.3 Å². The molecule has 2 aromatic carbocycles. The largest absolute Gasteiger partial charge is 0.393 e. The monoisotopic (exact) mass is 424 g/mol. The number of rotatable bonds is 8.